The molecule has 0 aliphatic heterocycles. The standard InChI is InChI=1S/C17H23NO/c1-11-3-6-16(7-12(11)2)18-17(19)10-15-9-13-4-5-14(15)8-13/h3,6-7,13-15H,4-5,8-10H2,1-2H3,(H,18,19)/t13-,14-,15+/m1/s1. The van der Waals surface area contributed by atoms with E-state index in [1.54, 1.807) is 0 Å². The van der Waals surface area contributed by atoms with Gasteiger partial charge < -0.3 is 5.32 Å². The molecule has 0 spiro atoms. The number of carbonyl (C=O) groups is 1. The number of hydrogen-bond acceptors (Lipinski definition) is 1. The minimum absolute atomic E-state index is 0.195. The number of amides is 1. The molecule has 2 bridgehead atoms. The van der Waals surface area contributed by atoms with Gasteiger partial charge in [0.25, 0.3) is 0 Å². The molecule has 0 unspecified atom stereocenters. The lowest BCUT2D eigenvalue weighted by atomic mass is 9.86. The maximum atomic E-state index is 12.1. The molecule has 0 saturated heterocycles. The molecule has 2 saturated carbocycles. The summed E-state index contributed by atoms with van der Waals surface area (Å²) in [6, 6.07) is 6.14. The van der Waals surface area contributed by atoms with Gasteiger partial charge in [-0.3, -0.25) is 4.79 Å². The van der Waals surface area contributed by atoms with Gasteiger partial charge in [-0.1, -0.05) is 12.5 Å². The molecule has 0 radical (unpaired) electrons. The summed E-state index contributed by atoms with van der Waals surface area (Å²) >= 11 is 0. The molecule has 0 heterocycles. The highest BCUT2D eigenvalue weighted by Gasteiger charge is 2.40. The normalized spacial score (nSPS) is 28.6. The Morgan fingerprint density at radius 1 is 1.21 bits per heavy atom. The molecule has 3 rings (SSSR count). The van der Waals surface area contributed by atoms with Gasteiger partial charge in [0.05, 0.1) is 0 Å². The summed E-state index contributed by atoms with van der Waals surface area (Å²) in [5.74, 6) is 2.59. The van der Waals surface area contributed by atoms with Crippen LogP contribution in [0.15, 0.2) is 18.2 Å². The lowest BCUT2D eigenvalue weighted by Crippen LogP contribution is -2.20. The van der Waals surface area contributed by atoms with Crippen LogP contribution in [0.5, 0.6) is 0 Å². The van der Waals surface area contributed by atoms with Gasteiger partial charge in [0.1, 0.15) is 0 Å². The van der Waals surface area contributed by atoms with Crippen LogP contribution in [-0.4, -0.2) is 5.91 Å². The number of carbonyl (C=O) groups excluding carboxylic acids is 1. The van der Waals surface area contributed by atoms with Crippen LogP contribution in [0.2, 0.25) is 0 Å². The summed E-state index contributed by atoms with van der Waals surface area (Å²) in [4.78, 5) is 12.1. The molecule has 3 atom stereocenters. The Bertz CT molecular complexity index is 494. The first kappa shape index (κ1) is 12.7. The molecule has 2 nitrogen and oxygen atoms in total. The van der Waals surface area contributed by atoms with Crippen molar-refractivity contribution >= 4 is 11.6 Å². The van der Waals surface area contributed by atoms with Crippen molar-refractivity contribution in [1.82, 2.24) is 0 Å². The van der Waals surface area contributed by atoms with Gasteiger partial charge in [-0.2, -0.15) is 0 Å². The van der Waals surface area contributed by atoms with Crippen molar-refractivity contribution in [3.63, 3.8) is 0 Å². The zero-order valence-electron chi connectivity index (χ0n) is 11.9. The number of aryl methyl sites for hydroxylation is 2. The fraction of sp³-hybridized carbons (Fsp3) is 0.588. The second-order valence-electron chi connectivity index (χ2n) is 6.49. The average molecular weight is 257 g/mol. The van der Waals surface area contributed by atoms with E-state index in [2.05, 4.69) is 31.3 Å². The molecular formula is C17H23NO. The van der Waals surface area contributed by atoms with E-state index >= 15 is 0 Å². The smallest absolute Gasteiger partial charge is 0.224 e. The zero-order chi connectivity index (χ0) is 13.4. The van der Waals surface area contributed by atoms with Crippen LogP contribution in [0.3, 0.4) is 0 Å². The second kappa shape index (κ2) is 4.99. The van der Waals surface area contributed by atoms with Crippen molar-refractivity contribution in [1.29, 1.82) is 0 Å². The van der Waals surface area contributed by atoms with Gasteiger partial charge in [0.15, 0.2) is 0 Å². The molecule has 1 aromatic carbocycles. The highest BCUT2D eigenvalue weighted by atomic mass is 16.1. The molecule has 2 fully saturated rings. The van der Waals surface area contributed by atoms with Crippen molar-refractivity contribution in [2.24, 2.45) is 17.8 Å². The van der Waals surface area contributed by atoms with E-state index in [1.807, 2.05) is 6.07 Å². The largest absolute Gasteiger partial charge is 0.326 e. The molecule has 2 aliphatic rings. The van der Waals surface area contributed by atoms with Crippen LogP contribution in [0.25, 0.3) is 0 Å². The number of hydrogen-bond donors (Lipinski definition) is 1. The van der Waals surface area contributed by atoms with Gasteiger partial charge in [-0.05, 0) is 74.1 Å². The quantitative estimate of drug-likeness (QED) is 0.869. The highest BCUT2D eigenvalue weighted by Crippen LogP contribution is 2.49. The number of fused-ring (bicyclic) bond motifs is 2. The van der Waals surface area contributed by atoms with E-state index in [0.717, 1.165) is 17.5 Å². The number of benzene rings is 1. The van der Waals surface area contributed by atoms with Crippen molar-refractivity contribution in [2.45, 2.75) is 46.0 Å². The topological polar surface area (TPSA) is 29.1 Å². The summed E-state index contributed by atoms with van der Waals surface area (Å²) < 4.78 is 0. The van der Waals surface area contributed by atoms with Crippen molar-refractivity contribution in [3.8, 4) is 0 Å². The lowest BCUT2D eigenvalue weighted by Gasteiger charge is -2.21. The molecule has 2 heteroatoms. The molecule has 0 aromatic heterocycles. The predicted molar refractivity (Wildman–Crippen MR) is 78.1 cm³/mol. The Balaban J connectivity index is 1.57. The Morgan fingerprint density at radius 2 is 2.05 bits per heavy atom. The molecule has 2 aliphatic carbocycles. The SMILES string of the molecule is Cc1ccc(NC(=O)C[C@@H]2C[C@@H]3CC[C@@H]2C3)cc1C. The fourth-order valence-corrected chi connectivity index (χ4v) is 3.90. The van der Waals surface area contributed by atoms with Crippen LogP contribution >= 0.6 is 0 Å². The Kier molecular flexibility index (Phi) is 3.34. The van der Waals surface area contributed by atoms with E-state index in [4.69, 9.17) is 0 Å². The third-order valence-corrected chi connectivity index (χ3v) is 5.12. The molecule has 19 heavy (non-hydrogen) atoms. The Labute approximate surface area is 115 Å². The van der Waals surface area contributed by atoms with Crippen LogP contribution < -0.4 is 5.32 Å². The molecule has 1 aromatic rings. The van der Waals surface area contributed by atoms with E-state index < -0.39 is 0 Å². The van der Waals surface area contributed by atoms with Crippen LogP contribution in [0, 0.1) is 31.6 Å². The molecular weight excluding hydrogens is 234 g/mol. The Hall–Kier alpha value is -1.31. The van der Waals surface area contributed by atoms with Crippen LogP contribution in [0.4, 0.5) is 5.69 Å². The second-order valence-corrected chi connectivity index (χ2v) is 6.49. The third kappa shape index (κ3) is 2.68. The van der Waals surface area contributed by atoms with E-state index in [0.29, 0.717) is 12.3 Å². The third-order valence-electron chi connectivity index (χ3n) is 5.12. The molecule has 1 N–H and O–H groups in total. The van der Waals surface area contributed by atoms with Crippen LogP contribution in [0.1, 0.15) is 43.2 Å². The highest BCUT2D eigenvalue weighted by molar-refractivity contribution is 5.91. The molecule has 102 valence electrons. The van der Waals surface area contributed by atoms with Gasteiger partial charge >= 0.3 is 0 Å². The summed E-state index contributed by atoms with van der Waals surface area (Å²) in [7, 11) is 0. The summed E-state index contributed by atoms with van der Waals surface area (Å²) in [5.41, 5.74) is 3.44. The van der Waals surface area contributed by atoms with Gasteiger partial charge in [-0.25, -0.2) is 0 Å². The average Bonchev–Trinajstić information content (AvgIpc) is 2.96. The predicted octanol–water partition coefficient (Wildman–Crippen LogP) is 4.07. The number of anilines is 1. The molecule has 1 amide bonds. The van der Waals surface area contributed by atoms with Crippen molar-refractivity contribution < 1.29 is 4.79 Å². The minimum Gasteiger partial charge on any atom is -0.326 e. The van der Waals surface area contributed by atoms with Gasteiger partial charge in [0, 0.05) is 12.1 Å². The van der Waals surface area contributed by atoms with Crippen molar-refractivity contribution in [2.75, 3.05) is 5.32 Å². The van der Waals surface area contributed by atoms with Crippen LogP contribution in [-0.2, 0) is 4.79 Å². The number of nitrogens with one attached hydrogen (secondary N) is 1. The fourth-order valence-electron chi connectivity index (χ4n) is 3.90. The van der Waals surface area contributed by atoms with E-state index in [-0.39, 0.29) is 5.91 Å². The Morgan fingerprint density at radius 3 is 2.68 bits per heavy atom. The van der Waals surface area contributed by atoms with E-state index in [9.17, 15) is 4.79 Å². The summed E-state index contributed by atoms with van der Waals surface area (Å²) in [6.45, 7) is 4.18. The summed E-state index contributed by atoms with van der Waals surface area (Å²) in [5, 5.41) is 3.06. The van der Waals surface area contributed by atoms with Gasteiger partial charge in [0.2, 0.25) is 5.91 Å². The van der Waals surface area contributed by atoms with E-state index in [1.165, 1.54) is 36.8 Å². The monoisotopic (exact) mass is 257 g/mol. The first-order valence-electron chi connectivity index (χ1n) is 7.49. The minimum atomic E-state index is 0.195. The zero-order valence-corrected chi connectivity index (χ0v) is 11.9. The first-order valence-corrected chi connectivity index (χ1v) is 7.49. The maximum absolute atomic E-state index is 12.1. The first-order chi connectivity index (χ1) is 9.11. The van der Waals surface area contributed by atoms with Gasteiger partial charge in [-0.15, -0.1) is 0 Å². The number of rotatable bonds is 3. The van der Waals surface area contributed by atoms with Crippen molar-refractivity contribution in [3.05, 3.63) is 29.3 Å². The lowest BCUT2D eigenvalue weighted by molar-refractivity contribution is -0.117. The summed E-state index contributed by atoms with van der Waals surface area (Å²) in [6.07, 6.45) is 6.13. The maximum Gasteiger partial charge on any atom is 0.224 e.